The Morgan fingerprint density at radius 3 is 2.79 bits per heavy atom. The number of aromatic nitrogens is 2. The zero-order valence-electron chi connectivity index (χ0n) is 10.6. The fourth-order valence-electron chi connectivity index (χ4n) is 1.88. The molecule has 0 unspecified atom stereocenters. The molecule has 1 N–H and O–H groups in total. The average Bonchev–Trinajstić information content (AvgIpc) is 2.63. The minimum atomic E-state index is -0.433. The molecule has 1 aromatic carbocycles. The van der Waals surface area contributed by atoms with Crippen LogP contribution in [0.1, 0.15) is 11.3 Å². The van der Waals surface area contributed by atoms with Gasteiger partial charge >= 0.3 is 5.69 Å². The van der Waals surface area contributed by atoms with Gasteiger partial charge in [-0.15, -0.1) is 0 Å². The molecule has 2 aromatic rings. The van der Waals surface area contributed by atoms with Gasteiger partial charge in [-0.05, 0) is 18.6 Å². The highest BCUT2D eigenvalue weighted by molar-refractivity contribution is 6.31. The molecule has 0 atom stereocenters. The van der Waals surface area contributed by atoms with Crippen LogP contribution < -0.4 is 5.32 Å². The molecule has 1 aromatic heterocycles. The Kier molecular flexibility index (Phi) is 3.71. The number of anilines is 1. The third-order valence-corrected chi connectivity index (χ3v) is 3.15. The first-order valence-corrected chi connectivity index (χ1v) is 6.03. The van der Waals surface area contributed by atoms with E-state index in [1.165, 1.54) is 4.68 Å². The molecule has 2 rings (SSSR count). The predicted octanol–water partition coefficient (Wildman–Crippen LogP) is 2.90. The van der Waals surface area contributed by atoms with Crippen molar-refractivity contribution >= 4 is 23.1 Å². The number of nitrogens with one attached hydrogen (secondary N) is 1. The SMILES string of the molecule is Cc1nn(C)c(NCc2ccccc2Cl)c1[N+](=O)[O-]. The van der Waals surface area contributed by atoms with Gasteiger partial charge < -0.3 is 5.32 Å². The minimum absolute atomic E-state index is 0.00504. The van der Waals surface area contributed by atoms with Crippen molar-refractivity contribution in [1.29, 1.82) is 0 Å². The molecular weight excluding hydrogens is 268 g/mol. The Balaban J connectivity index is 2.25. The van der Waals surface area contributed by atoms with E-state index in [9.17, 15) is 10.1 Å². The van der Waals surface area contributed by atoms with Crippen molar-refractivity contribution in [3.63, 3.8) is 0 Å². The molecule has 0 aliphatic carbocycles. The van der Waals surface area contributed by atoms with Gasteiger partial charge in [0, 0.05) is 18.6 Å². The van der Waals surface area contributed by atoms with E-state index in [1.54, 1.807) is 20.0 Å². The summed E-state index contributed by atoms with van der Waals surface area (Å²) in [6, 6.07) is 7.35. The van der Waals surface area contributed by atoms with Gasteiger partial charge in [0.15, 0.2) is 0 Å². The van der Waals surface area contributed by atoms with Crippen molar-refractivity contribution in [2.24, 2.45) is 7.05 Å². The van der Waals surface area contributed by atoms with E-state index >= 15 is 0 Å². The van der Waals surface area contributed by atoms with E-state index in [0.717, 1.165) is 5.56 Å². The van der Waals surface area contributed by atoms with Crippen molar-refractivity contribution in [3.05, 3.63) is 50.7 Å². The van der Waals surface area contributed by atoms with E-state index in [4.69, 9.17) is 11.6 Å². The van der Waals surface area contributed by atoms with E-state index in [1.807, 2.05) is 18.2 Å². The summed E-state index contributed by atoms with van der Waals surface area (Å²) >= 11 is 6.04. The van der Waals surface area contributed by atoms with E-state index in [-0.39, 0.29) is 5.69 Å². The molecule has 7 heteroatoms. The molecule has 0 fully saturated rings. The Morgan fingerprint density at radius 2 is 2.16 bits per heavy atom. The van der Waals surface area contributed by atoms with Gasteiger partial charge in [0.2, 0.25) is 5.82 Å². The molecule has 0 saturated carbocycles. The van der Waals surface area contributed by atoms with Crippen molar-refractivity contribution in [1.82, 2.24) is 9.78 Å². The highest BCUT2D eigenvalue weighted by Crippen LogP contribution is 2.28. The molecule has 0 aliphatic heterocycles. The summed E-state index contributed by atoms with van der Waals surface area (Å²) in [4.78, 5) is 10.6. The van der Waals surface area contributed by atoms with Crippen LogP contribution in [-0.2, 0) is 13.6 Å². The summed E-state index contributed by atoms with van der Waals surface area (Å²) in [6.45, 7) is 2.01. The van der Waals surface area contributed by atoms with Gasteiger partial charge in [-0.1, -0.05) is 29.8 Å². The van der Waals surface area contributed by atoms with Crippen LogP contribution in [0.15, 0.2) is 24.3 Å². The van der Waals surface area contributed by atoms with Crippen molar-refractivity contribution in [2.45, 2.75) is 13.5 Å². The second-order valence-corrected chi connectivity index (χ2v) is 4.52. The topological polar surface area (TPSA) is 73.0 Å². The summed E-state index contributed by atoms with van der Waals surface area (Å²) in [5.41, 5.74) is 1.25. The van der Waals surface area contributed by atoms with E-state index < -0.39 is 4.92 Å². The van der Waals surface area contributed by atoms with Crippen LogP contribution in [0.3, 0.4) is 0 Å². The Morgan fingerprint density at radius 1 is 1.47 bits per heavy atom. The maximum absolute atomic E-state index is 11.0. The monoisotopic (exact) mass is 280 g/mol. The maximum atomic E-state index is 11.0. The standard InChI is InChI=1S/C12H13ClN4O2/c1-8-11(17(18)19)12(16(2)15-8)14-7-9-5-3-4-6-10(9)13/h3-6,14H,7H2,1-2H3. The summed E-state index contributed by atoms with van der Waals surface area (Å²) in [5.74, 6) is 0.377. The van der Waals surface area contributed by atoms with Crippen LogP contribution in [0, 0.1) is 17.0 Å². The first-order valence-electron chi connectivity index (χ1n) is 5.66. The summed E-state index contributed by atoms with van der Waals surface area (Å²) in [6.07, 6.45) is 0. The zero-order valence-corrected chi connectivity index (χ0v) is 11.3. The first-order chi connectivity index (χ1) is 9.00. The van der Waals surface area contributed by atoms with Gasteiger partial charge in [0.1, 0.15) is 5.69 Å². The van der Waals surface area contributed by atoms with Crippen molar-refractivity contribution < 1.29 is 4.92 Å². The lowest BCUT2D eigenvalue weighted by Crippen LogP contribution is -2.06. The minimum Gasteiger partial charge on any atom is -0.360 e. The second-order valence-electron chi connectivity index (χ2n) is 4.11. The number of rotatable bonds is 4. The van der Waals surface area contributed by atoms with Gasteiger partial charge in [-0.3, -0.25) is 10.1 Å². The Hall–Kier alpha value is -2.08. The van der Waals surface area contributed by atoms with Gasteiger partial charge in [-0.2, -0.15) is 5.10 Å². The molecule has 100 valence electrons. The lowest BCUT2D eigenvalue weighted by Gasteiger charge is -2.07. The molecule has 0 spiro atoms. The number of halogens is 1. The number of nitro groups is 1. The number of nitrogens with zero attached hydrogens (tertiary/aromatic N) is 3. The molecule has 6 nitrogen and oxygen atoms in total. The van der Waals surface area contributed by atoms with Crippen molar-refractivity contribution in [2.75, 3.05) is 5.32 Å². The summed E-state index contributed by atoms with van der Waals surface area (Å²) in [7, 11) is 1.66. The third kappa shape index (κ3) is 2.68. The highest BCUT2D eigenvalue weighted by atomic mass is 35.5. The summed E-state index contributed by atoms with van der Waals surface area (Å²) in [5, 5.41) is 18.7. The molecule has 19 heavy (non-hydrogen) atoms. The van der Waals surface area contributed by atoms with E-state index in [2.05, 4.69) is 10.4 Å². The first kappa shape index (κ1) is 13.4. The van der Waals surface area contributed by atoms with Gasteiger partial charge in [0.05, 0.1) is 4.92 Å². The number of aryl methyl sites for hydroxylation is 2. The van der Waals surface area contributed by atoms with Crippen molar-refractivity contribution in [3.8, 4) is 0 Å². The fourth-order valence-corrected chi connectivity index (χ4v) is 2.09. The molecule has 0 radical (unpaired) electrons. The molecular formula is C12H13ClN4O2. The molecule has 0 aliphatic rings. The third-order valence-electron chi connectivity index (χ3n) is 2.78. The quantitative estimate of drug-likeness (QED) is 0.690. The summed E-state index contributed by atoms with van der Waals surface area (Å²) < 4.78 is 1.46. The van der Waals surface area contributed by atoms with Crippen LogP contribution >= 0.6 is 11.6 Å². The molecule has 1 heterocycles. The normalized spacial score (nSPS) is 10.5. The number of hydrogen-bond donors (Lipinski definition) is 1. The largest absolute Gasteiger partial charge is 0.360 e. The smallest absolute Gasteiger partial charge is 0.333 e. The van der Waals surface area contributed by atoms with Crippen LogP contribution in [0.25, 0.3) is 0 Å². The Labute approximate surface area is 115 Å². The van der Waals surface area contributed by atoms with Crippen LogP contribution in [-0.4, -0.2) is 14.7 Å². The van der Waals surface area contributed by atoms with Crippen LogP contribution in [0.5, 0.6) is 0 Å². The van der Waals surface area contributed by atoms with Crippen LogP contribution in [0.2, 0.25) is 5.02 Å². The molecule has 0 bridgehead atoms. The maximum Gasteiger partial charge on any atom is 0.333 e. The van der Waals surface area contributed by atoms with Crippen LogP contribution in [0.4, 0.5) is 11.5 Å². The van der Waals surface area contributed by atoms with E-state index in [0.29, 0.717) is 23.1 Å². The lowest BCUT2D eigenvalue weighted by atomic mass is 10.2. The van der Waals surface area contributed by atoms with Gasteiger partial charge in [0.25, 0.3) is 0 Å². The predicted molar refractivity (Wildman–Crippen MR) is 73.4 cm³/mol. The lowest BCUT2D eigenvalue weighted by molar-refractivity contribution is -0.384. The molecule has 0 saturated heterocycles. The average molecular weight is 281 g/mol. The number of benzene rings is 1. The zero-order chi connectivity index (χ0) is 14.0. The fraction of sp³-hybridized carbons (Fsp3) is 0.250. The van der Waals surface area contributed by atoms with Gasteiger partial charge in [-0.25, -0.2) is 4.68 Å². The molecule has 0 amide bonds. The Bertz CT molecular complexity index is 624. The second kappa shape index (κ2) is 5.27. The highest BCUT2D eigenvalue weighted by Gasteiger charge is 2.23. The number of hydrogen-bond acceptors (Lipinski definition) is 4.